The molecule has 1 N–H and O–H groups in total. The van der Waals surface area contributed by atoms with Crippen LogP contribution >= 0.6 is 0 Å². The van der Waals surface area contributed by atoms with Gasteiger partial charge in [0.2, 0.25) is 0 Å². The molecule has 1 fully saturated rings. The minimum atomic E-state index is 0.628. The lowest BCUT2D eigenvalue weighted by atomic mass is 10.0. The SMILES string of the molecule is CN1CCC(Nc2ccc3c(c2)Cc2ccccc2-3)CC1. The average molecular weight is 278 g/mol. The van der Waals surface area contributed by atoms with Gasteiger partial charge in [-0.25, -0.2) is 0 Å². The molecule has 0 bridgehead atoms. The van der Waals surface area contributed by atoms with Crippen LogP contribution in [0.5, 0.6) is 0 Å². The second kappa shape index (κ2) is 5.19. The smallest absolute Gasteiger partial charge is 0.0345 e. The number of hydrogen-bond donors (Lipinski definition) is 1. The fourth-order valence-corrected chi connectivity index (χ4v) is 3.62. The molecule has 0 radical (unpaired) electrons. The normalized spacial score (nSPS) is 18.3. The monoisotopic (exact) mass is 278 g/mol. The van der Waals surface area contributed by atoms with E-state index in [1.165, 1.54) is 53.9 Å². The molecular weight excluding hydrogens is 256 g/mol. The molecule has 2 aromatic carbocycles. The van der Waals surface area contributed by atoms with Crippen LogP contribution < -0.4 is 5.32 Å². The molecule has 0 unspecified atom stereocenters. The van der Waals surface area contributed by atoms with E-state index in [9.17, 15) is 0 Å². The zero-order chi connectivity index (χ0) is 14.2. The summed E-state index contributed by atoms with van der Waals surface area (Å²) in [6.45, 7) is 2.40. The average Bonchev–Trinajstić information content (AvgIpc) is 2.87. The molecule has 2 aromatic rings. The van der Waals surface area contributed by atoms with E-state index in [-0.39, 0.29) is 0 Å². The molecule has 4 rings (SSSR count). The van der Waals surface area contributed by atoms with Crippen LogP contribution in [-0.4, -0.2) is 31.1 Å². The number of fused-ring (bicyclic) bond motifs is 3. The Kier molecular flexibility index (Phi) is 3.19. The molecule has 2 nitrogen and oxygen atoms in total. The Hall–Kier alpha value is -1.80. The molecule has 0 amide bonds. The van der Waals surface area contributed by atoms with Gasteiger partial charge in [0.15, 0.2) is 0 Å². The summed E-state index contributed by atoms with van der Waals surface area (Å²) in [5, 5.41) is 3.73. The summed E-state index contributed by atoms with van der Waals surface area (Å²) in [6.07, 6.45) is 3.57. The molecule has 21 heavy (non-hydrogen) atoms. The zero-order valence-electron chi connectivity index (χ0n) is 12.6. The van der Waals surface area contributed by atoms with Crippen LogP contribution in [0, 0.1) is 0 Å². The highest BCUT2D eigenvalue weighted by molar-refractivity contribution is 5.78. The Morgan fingerprint density at radius 1 is 0.952 bits per heavy atom. The van der Waals surface area contributed by atoms with Crippen molar-refractivity contribution in [1.29, 1.82) is 0 Å². The lowest BCUT2D eigenvalue weighted by Gasteiger charge is -2.30. The van der Waals surface area contributed by atoms with Crippen molar-refractivity contribution in [2.24, 2.45) is 0 Å². The molecule has 0 aromatic heterocycles. The maximum Gasteiger partial charge on any atom is 0.0345 e. The Balaban J connectivity index is 1.53. The van der Waals surface area contributed by atoms with Crippen molar-refractivity contribution >= 4 is 5.69 Å². The van der Waals surface area contributed by atoms with Crippen LogP contribution in [-0.2, 0) is 6.42 Å². The molecule has 0 spiro atoms. The predicted molar refractivity (Wildman–Crippen MR) is 88.8 cm³/mol. The molecule has 1 heterocycles. The first kappa shape index (κ1) is 12.9. The summed E-state index contributed by atoms with van der Waals surface area (Å²) in [5.74, 6) is 0. The van der Waals surface area contributed by atoms with Crippen LogP contribution in [0.1, 0.15) is 24.0 Å². The largest absolute Gasteiger partial charge is 0.382 e. The third-order valence-corrected chi connectivity index (χ3v) is 4.88. The van der Waals surface area contributed by atoms with E-state index >= 15 is 0 Å². The van der Waals surface area contributed by atoms with Gasteiger partial charge >= 0.3 is 0 Å². The Bertz CT molecular complexity index is 654. The number of nitrogens with zero attached hydrogens (tertiary/aromatic N) is 1. The minimum absolute atomic E-state index is 0.628. The van der Waals surface area contributed by atoms with Gasteiger partial charge in [-0.3, -0.25) is 0 Å². The number of piperidine rings is 1. The van der Waals surface area contributed by atoms with Gasteiger partial charge in [-0.05, 0) is 73.8 Å². The van der Waals surface area contributed by atoms with E-state index in [0.29, 0.717) is 6.04 Å². The minimum Gasteiger partial charge on any atom is -0.382 e. The van der Waals surface area contributed by atoms with Crippen LogP contribution in [0.3, 0.4) is 0 Å². The Labute approximate surface area is 126 Å². The van der Waals surface area contributed by atoms with Crippen molar-refractivity contribution in [2.75, 3.05) is 25.5 Å². The van der Waals surface area contributed by atoms with Gasteiger partial charge in [-0.1, -0.05) is 30.3 Å². The highest BCUT2D eigenvalue weighted by Crippen LogP contribution is 2.37. The molecule has 2 heteroatoms. The van der Waals surface area contributed by atoms with E-state index in [1.807, 2.05) is 0 Å². The molecule has 0 saturated carbocycles. The lowest BCUT2D eigenvalue weighted by Crippen LogP contribution is -2.36. The maximum absolute atomic E-state index is 3.73. The summed E-state index contributed by atoms with van der Waals surface area (Å²) in [4.78, 5) is 2.41. The summed E-state index contributed by atoms with van der Waals surface area (Å²) in [6, 6.07) is 16.3. The summed E-state index contributed by atoms with van der Waals surface area (Å²) < 4.78 is 0. The summed E-state index contributed by atoms with van der Waals surface area (Å²) >= 11 is 0. The van der Waals surface area contributed by atoms with Gasteiger partial charge in [0.25, 0.3) is 0 Å². The third kappa shape index (κ3) is 2.44. The number of nitrogens with one attached hydrogen (secondary N) is 1. The maximum atomic E-state index is 3.73. The van der Waals surface area contributed by atoms with E-state index in [1.54, 1.807) is 0 Å². The molecule has 1 aliphatic carbocycles. The number of anilines is 1. The summed E-state index contributed by atoms with van der Waals surface area (Å²) in [7, 11) is 2.21. The molecular formula is C19H22N2. The molecule has 0 atom stereocenters. The van der Waals surface area contributed by atoms with Gasteiger partial charge in [0.1, 0.15) is 0 Å². The van der Waals surface area contributed by atoms with E-state index in [4.69, 9.17) is 0 Å². The molecule has 108 valence electrons. The van der Waals surface area contributed by atoms with Crippen LogP contribution in [0.2, 0.25) is 0 Å². The lowest BCUT2D eigenvalue weighted by molar-refractivity contribution is 0.264. The second-order valence-corrected chi connectivity index (χ2v) is 6.43. The van der Waals surface area contributed by atoms with Crippen molar-refractivity contribution < 1.29 is 0 Å². The Morgan fingerprint density at radius 2 is 1.71 bits per heavy atom. The van der Waals surface area contributed by atoms with E-state index in [0.717, 1.165) is 6.42 Å². The van der Waals surface area contributed by atoms with Crippen molar-refractivity contribution in [3.63, 3.8) is 0 Å². The second-order valence-electron chi connectivity index (χ2n) is 6.43. The first-order chi connectivity index (χ1) is 10.3. The molecule has 1 saturated heterocycles. The van der Waals surface area contributed by atoms with Crippen molar-refractivity contribution in [1.82, 2.24) is 4.90 Å². The predicted octanol–water partition coefficient (Wildman–Crippen LogP) is 3.76. The third-order valence-electron chi connectivity index (χ3n) is 4.88. The van der Waals surface area contributed by atoms with Crippen molar-refractivity contribution in [3.8, 4) is 11.1 Å². The number of hydrogen-bond acceptors (Lipinski definition) is 2. The van der Waals surface area contributed by atoms with Crippen LogP contribution in [0.4, 0.5) is 5.69 Å². The van der Waals surface area contributed by atoms with Crippen LogP contribution in [0.25, 0.3) is 11.1 Å². The number of likely N-dealkylation sites (tertiary alicyclic amines) is 1. The van der Waals surface area contributed by atoms with Gasteiger partial charge in [-0.15, -0.1) is 0 Å². The highest BCUT2D eigenvalue weighted by Gasteiger charge is 2.20. The zero-order valence-corrected chi connectivity index (χ0v) is 12.6. The Morgan fingerprint density at radius 3 is 2.57 bits per heavy atom. The standard InChI is InChI=1S/C19H22N2/c1-21-10-8-16(9-11-21)20-17-6-7-19-15(13-17)12-14-4-2-3-5-18(14)19/h2-7,13,16,20H,8-12H2,1H3. The summed E-state index contributed by atoms with van der Waals surface area (Å²) in [5.41, 5.74) is 7.05. The van der Waals surface area contributed by atoms with Crippen molar-refractivity contribution in [3.05, 3.63) is 53.6 Å². The van der Waals surface area contributed by atoms with Gasteiger partial charge in [0.05, 0.1) is 0 Å². The van der Waals surface area contributed by atoms with E-state index < -0.39 is 0 Å². The highest BCUT2D eigenvalue weighted by atomic mass is 15.1. The topological polar surface area (TPSA) is 15.3 Å². The fraction of sp³-hybridized carbons (Fsp3) is 0.368. The quantitative estimate of drug-likeness (QED) is 0.768. The van der Waals surface area contributed by atoms with Crippen LogP contribution in [0.15, 0.2) is 42.5 Å². The van der Waals surface area contributed by atoms with Crippen molar-refractivity contribution in [2.45, 2.75) is 25.3 Å². The first-order valence-corrected chi connectivity index (χ1v) is 7.96. The molecule has 1 aliphatic heterocycles. The number of rotatable bonds is 2. The fourth-order valence-electron chi connectivity index (χ4n) is 3.62. The molecule has 2 aliphatic rings. The van der Waals surface area contributed by atoms with Gasteiger partial charge in [0, 0.05) is 11.7 Å². The van der Waals surface area contributed by atoms with Gasteiger partial charge < -0.3 is 10.2 Å². The number of benzene rings is 2. The first-order valence-electron chi connectivity index (χ1n) is 7.96. The van der Waals surface area contributed by atoms with E-state index in [2.05, 4.69) is 59.7 Å². The van der Waals surface area contributed by atoms with Gasteiger partial charge in [-0.2, -0.15) is 0 Å².